The van der Waals surface area contributed by atoms with E-state index in [9.17, 15) is 14.7 Å². The Hall–Kier alpha value is -2.57. The Labute approximate surface area is 194 Å². The molecule has 7 heteroatoms. The molecule has 0 fully saturated rings. The Balaban J connectivity index is 1.77. The number of aliphatic hydroxyl groups excluding tert-OH is 1. The smallest absolute Gasteiger partial charge is 0.338 e. The van der Waals surface area contributed by atoms with Gasteiger partial charge in [0, 0.05) is 18.1 Å². The number of rotatable bonds is 13. The molecule has 2 aromatic rings. The van der Waals surface area contributed by atoms with Gasteiger partial charge in [-0.15, -0.1) is 0 Å². The number of ether oxygens (including phenoxy) is 2. The third-order valence-electron chi connectivity index (χ3n) is 5.10. The molecule has 0 aromatic heterocycles. The monoisotopic (exact) mass is 461 g/mol. The molecule has 2 rings (SSSR count). The lowest BCUT2D eigenvalue weighted by Gasteiger charge is -2.12. The van der Waals surface area contributed by atoms with Gasteiger partial charge in [0.2, 0.25) is 5.91 Å². The average molecular weight is 462 g/mol. The number of methoxy groups -OCH3 is 1. The lowest BCUT2D eigenvalue weighted by Crippen LogP contribution is -2.12. The summed E-state index contributed by atoms with van der Waals surface area (Å²) in [5, 5.41) is 12.5. The van der Waals surface area contributed by atoms with Crippen LogP contribution in [0.1, 0.15) is 66.9 Å². The lowest BCUT2D eigenvalue weighted by atomic mass is 10.1. The molecule has 174 valence electrons. The minimum absolute atomic E-state index is 0.158. The van der Waals surface area contributed by atoms with Crippen LogP contribution in [0, 0.1) is 0 Å². The van der Waals surface area contributed by atoms with Crippen molar-refractivity contribution in [3.05, 3.63) is 58.1 Å². The summed E-state index contributed by atoms with van der Waals surface area (Å²) in [6.45, 7) is 2.39. The Morgan fingerprint density at radius 1 is 1.06 bits per heavy atom. The van der Waals surface area contributed by atoms with Crippen molar-refractivity contribution in [2.75, 3.05) is 19.0 Å². The van der Waals surface area contributed by atoms with Crippen molar-refractivity contribution in [1.29, 1.82) is 0 Å². The van der Waals surface area contributed by atoms with E-state index in [1.165, 1.54) is 7.11 Å². The molecule has 2 aromatic carbocycles. The Morgan fingerprint density at radius 2 is 1.81 bits per heavy atom. The summed E-state index contributed by atoms with van der Waals surface area (Å²) < 4.78 is 10.5. The zero-order valence-corrected chi connectivity index (χ0v) is 19.5. The number of hydrogen-bond donors (Lipinski definition) is 2. The van der Waals surface area contributed by atoms with E-state index >= 15 is 0 Å². The predicted octanol–water partition coefficient (Wildman–Crippen LogP) is 5.54. The highest BCUT2D eigenvalue weighted by Crippen LogP contribution is 2.31. The fraction of sp³-hybridized carbons (Fsp3) is 0.440. The lowest BCUT2D eigenvalue weighted by molar-refractivity contribution is -0.116. The molecule has 2 N–H and O–H groups in total. The molecule has 0 saturated heterocycles. The molecule has 0 aliphatic heterocycles. The molecule has 1 amide bonds. The zero-order chi connectivity index (χ0) is 23.3. The number of halogens is 1. The molecule has 0 radical (unpaired) electrons. The van der Waals surface area contributed by atoms with Crippen LogP contribution in [0.25, 0.3) is 0 Å². The first-order chi connectivity index (χ1) is 15.5. The number of benzene rings is 2. The minimum Gasteiger partial charge on any atom is -0.496 e. The first-order valence-corrected chi connectivity index (χ1v) is 11.4. The predicted molar refractivity (Wildman–Crippen MR) is 126 cm³/mol. The number of carbonyl (C=O) groups is 2. The number of carbonyl (C=O) groups excluding carboxylic acids is 2. The second kappa shape index (κ2) is 13.8. The van der Waals surface area contributed by atoms with Gasteiger partial charge in [0.05, 0.1) is 36.6 Å². The molecule has 0 aliphatic carbocycles. The molecule has 0 heterocycles. The second-order valence-electron chi connectivity index (χ2n) is 7.60. The van der Waals surface area contributed by atoms with Gasteiger partial charge in [-0.25, -0.2) is 4.79 Å². The molecule has 0 bridgehead atoms. The van der Waals surface area contributed by atoms with E-state index in [0.29, 0.717) is 53.5 Å². The van der Waals surface area contributed by atoms with E-state index in [2.05, 4.69) is 12.2 Å². The number of anilines is 1. The first kappa shape index (κ1) is 25.7. The van der Waals surface area contributed by atoms with Gasteiger partial charge in [-0.2, -0.15) is 0 Å². The first-order valence-electron chi connectivity index (χ1n) is 11.0. The molecule has 0 atom stereocenters. The van der Waals surface area contributed by atoms with Gasteiger partial charge >= 0.3 is 5.97 Å². The van der Waals surface area contributed by atoms with Crippen LogP contribution in [0.2, 0.25) is 5.02 Å². The molecule has 0 unspecified atom stereocenters. The van der Waals surface area contributed by atoms with Crippen molar-refractivity contribution in [3.63, 3.8) is 0 Å². The highest BCUT2D eigenvalue weighted by molar-refractivity contribution is 6.33. The molecule has 0 spiro atoms. The fourth-order valence-corrected chi connectivity index (χ4v) is 3.49. The quantitative estimate of drug-likeness (QED) is 0.302. The number of nitrogens with one attached hydrogen (secondary N) is 1. The number of aryl methyl sites for hydroxylation is 1. The summed E-state index contributed by atoms with van der Waals surface area (Å²) in [5.74, 6) is 0.00713. The SMILES string of the molecule is CCCCCCOC(=O)c1ccc(CCCC(=O)Nc2cc(OC)c(CO)cc2Cl)cc1. The van der Waals surface area contributed by atoms with Crippen LogP contribution < -0.4 is 10.1 Å². The highest BCUT2D eigenvalue weighted by atomic mass is 35.5. The van der Waals surface area contributed by atoms with Crippen LogP contribution in [-0.4, -0.2) is 30.7 Å². The van der Waals surface area contributed by atoms with Crippen molar-refractivity contribution in [1.82, 2.24) is 0 Å². The van der Waals surface area contributed by atoms with Crippen LogP contribution in [-0.2, 0) is 22.6 Å². The maximum Gasteiger partial charge on any atom is 0.338 e. The van der Waals surface area contributed by atoms with E-state index in [4.69, 9.17) is 21.1 Å². The zero-order valence-electron chi connectivity index (χ0n) is 18.8. The third kappa shape index (κ3) is 8.17. The molecular formula is C25H32ClNO5. The summed E-state index contributed by atoms with van der Waals surface area (Å²) in [5.41, 5.74) is 2.59. The largest absolute Gasteiger partial charge is 0.496 e. The van der Waals surface area contributed by atoms with Crippen LogP contribution in [0.3, 0.4) is 0 Å². The van der Waals surface area contributed by atoms with Gasteiger partial charge in [-0.3, -0.25) is 4.79 Å². The third-order valence-corrected chi connectivity index (χ3v) is 5.42. The number of unbranched alkanes of at least 4 members (excludes halogenated alkanes) is 3. The minimum atomic E-state index is -0.299. The molecule has 32 heavy (non-hydrogen) atoms. The normalized spacial score (nSPS) is 10.6. The number of esters is 1. The van der Waals surface area contributed by atoms with Crippen molar-refractivity contribution in [2.24, 2.45) is 0 Å². The van der Waals surface area contributed by atoms with Crippen LogP contribution in [0.4, 0.5) is 5.69 Å². The van der Waals surface area contributed by atoms with E-state index in [1.807, 2.05) is 12.1 Å². The van der Waals surface area contributed by atoms with Gasteiger partial charge in [-0.05, 0) is 43.0 Å². The maximum absolute atomic E-state index is 12.3. The van der Waals surface area contributed by atoms with Crippen molar-refractivity contribution in [3.8, 4) is 5.75 Å². The highest BCUT2D eigenvalue weighted by Gasteiger charge is 2.12. The van der Waals surface area contributed by atoms with Gasteiger partial charge in [0.1, 0.15) is 5.75 Å². The molecule has 0 aliphatic rings. The van der Waals surface area contributed by atoms with Gasteiger partial charge in [0.15, 0.2) is 0 Å². The average Bonchev–Trinajstić information content (AvgIpc) is 2.80. The number of amides is 1. The Morgan fingerprint density at radius 3 is 2.47 bits per heavy atom. The second-order valence-corrected chi connectivity index (χ2v) is 8.00. The van der Waals surface area contributed by atoms with Crippen molar-refractivity contribution >= 4 is 29.2 Å². The Bertz CT molecular complexity index is 883. The summed E-state index contributed by atoms with van der Waals surface area (Å²) in [6.07, 6.45) is 5.95. The summed E-state index contributed by atoms with van der Waals surface area (Å²) in [7, 11) is 1.49. The van der Waals surface area contributed by atoms with Gasteiger partial charge in [-0.1, -0.05) is 49.9 Å². The number of aliphatic hydroxyl groups is 1. The summed E-state index contributed by atoms with van der Waals surface area (Å²) >= 11 is 6.19. The van der Waals surface area contributed by atoms with Gasteiger partial charge < -0.3 is 19.9 Å². The van der Waals surface area contributed by atoms with Gasteiger partial charge in [0.25, 0.3) is 0 Å². The summed E-state index contributed by atoms with van der Waals surface area (Å²) in [4.78, 5) is 24.4. The topological polar surface area (TPSA) is 84.9 Å². The van der Waals surface area contributed by atoms with Crippen molar-refractivity contribution in [2.45, 2.75) is 58.5 Å². The fourth-order valence-electron chi connectivity index (χ4n) is 3.25. The van der Waals surface area contributed by atoms with Crippen LogP contribution in [0.5, 0.6) is 5.75 Å². The van der Waals surface area contributed by atoms with Crippen molar-refractivity contribution < 1.29 is 24.2 Å². The van der Waals surface area contributed by atoms with E-state index in [-0.39, 0.29) is 18.5 Å². The van der Waals surface area contributed by atoms with E-state index in [1.54, 1.807) is 24.3 Å². The maximum atomic E-state index is 12.3. The standard InChI is InChI=1S/C25H32ClNO5/c1-3-4-5-6-14-32-25(30)19-12-10-18(11-13-19)8-7-9-24(29)27-22-16-23(31-2)20(17-28)15-21(22)26/h10-13,15-16,28H,3-9,14,17H2,1-2H3,(H,27,29). The van der Waals surface area contributed by atoms with Crippen LogP contribution in [0.15, 0.2) is 36.4 Å². The van der Waals surface area contributed by atoms with Crippen LogP contribution >= 0.6 is 11.6 Å². The van der Waals surface area contributed by atoms with E-state index in [0.717, 1.165) is 31.2 Å². The number of hydrogen-bond acceptors (Lipinski definition) is 5. The Kier molecular flexibility index (Phi) is 11.0. The van der Waals surface area contributed by atoms with E-state index < -0.39 is 0 Å². The molecule has 6 nitrogen and oxygen atoms in total. The molecule has 0 saturated carbocycles. The molecular weight excluding hydrogens is 430 g/mol. The summed E-state index contributed by atoms with van der Waals surface area (Å²) in [6, 6.07) is 10.5.